The topological polar surface area (TPSA) is 20.3 Å². The minimum Gasteiger partial charge on any atom is -0.338 e. The molecule has 1 unspecified atom stereocenters. The molecule has 0 saturated carbocycles. The van der Waals surface area contributed by atoms with Gasteiger partial charge in [-0.2, -0.15) is 0 Å². The molecule has 2 nitrogen and oxygen atoms in total. The highest BCUT2D eigenvalue weighted by Gasteiger charge is 2.23. The zero-order valence-electron chi connectivity index (χ0n) is 11.1. The van der Waals surface area contributed by atoms with E-state index in [1.165, 1.54) is 30.4 Å². The van der Waals surface area contributed by atoms with Crippen LogP contribution in [0.4, 0.5) is 0 Å². The Labute approximate surface area is 109 Å². The molecule has 1 heterocycles. The van der Waals surface area contributed by atoms with E-state index in [9.17, 15) is 4.79 Å². The first-order valence-electron chi connectivity index (χ1n) is 7.15. The minimum atomic E-state index is 0.233. The van der Waals surface area contributed by atoms with Gasteiger partial charge in [-0.15, -0.1) is 0 Å². The maximum atomic E-state index is 12.5. The molecule has 1 fully saturated rings. The third kappa shape index (κ3) is 2.16. The summed E-state index contributed by atoms with van der Waals surface area (Å²) < 4.78 is 0. The number of benzene rings is 1. The van der Waals surface area contributed by atoms with Gasteiger partial charge in [-0.1, -0.05) is 13.0 Å². The Hall–Kier alpha value is -1.31. The van der Waals surface area contributed by atoms with E-state index >= 15 is 0 Å². The second kappa shape index (κ2) is 4.75. The van der Waals surface area contributed by atoms with E-state index in [4.69, 9.17) is 0 Å². The van der Waals surface area contributed by atoms with Gasteiger partial charge in [0.15, 0.2) is 0 Å². The molecule has 1 aliphatic heterocycles. The molecule has 1 amide bonds. The van der Waals surface area contributed by atoms with E-state index in [1.807, 2.05) is 11.0 Å². The first kappa shape index (κ1) is 11.8. The molecule has 18 heavy (non-hydrogen) atoms. The van der Waals surface area contributed by atoms with Crippen molar-refractivity contribution in [2.45, 2.75) is 39.0 Å². The Bertz CT molecular complexity index is 466. The van der Waals surface area contributed by atoms with Crippen LogP contribution in [0.1, 0.15) is 47.7 Å². The predicted molar refractivity (Wildman–Crippen MR) is 72.8 cm³/mol. The molecular weight excluding hydrogens is 222 g/mol. The van der Waals surface area contributed by atoms with Crippen molar-refractivity contribution in [1.29, 1.82) is 0 Å². The summed E-state index contributed by atoms with van der Waals surface area (Å²) in [5.41, 5.74) is 3.73. The Kier molecular flexibility index (Phi) is 3.11. The van der Waals surface area contributed by atoms with Crippen molar-refractivity contribution in [2.24, 2.45) is 5.92 Å². The lowest BCUT2D eigenvalue weighted by atomic mass is 9.99. The summed E-state index contributed by atoms with van der Waals surface area (Å²) in [4.78, 5) is 14.5. The number of carbonyl (C=O) groups is 1. The number of hydrogen-bond donors (Lipinski definition) is 0. The average molecular weight is 243 g/mol. The fraction of sp³-hybridized carbons (Fsp3) is 0.562. The Morgan fingerprint density at radius 2 is 2.06 bits per heavy atom. The third-order valence-electron chi connectivity index (χ3n) is 4.29. The van der Waals surface area contributed by atoms with Crippen LogP contribution in [0.15, 0.2) is 18.2 Å². The zero-order chi connectivity index (χ0) is 12.5. The van der Waals surface area contributed by atoms with Crippen LogP contribution < -0.4 is 0 Å². The van der Waals surface area contributed by atoms with Crippen molar-refractivity contribution in [1.82, 2.24) is 4.90 Å². The fourth-order valence-electron chi connectivity index (χ4n) is 3.26. The SMILES string of the molecule is CC1CCCN(C(=O)c2ccc3c(c2)CCC3)C1. The van der Waals surface area contributed by atoms with E-state index in [0.717, 1.165) is 31.5 Å². The van der Waals surface area contributed by atoms with Gasteiger partial charge in [0.25, 0.3) is 5.91 Å². The Morgan fingerprint density at radius 3 is 2.89 bits per heavy atom. The number of amides is 1. The van der Waals surface area contributed by atoms with Gasteiger partial charge in [-0.05, 0) is 61.3 Å². The quantitative estimate of drug-likeness (QED) is 0.742. The van der Waals surface area contributed by atoms with Gasteiger partial charge in [-0.3, -0.25) is 4.79 Å². The van der Waals surface area contributed by atoms with Gasteiger partial charge in [0.05, 0.1) is 0 Å². The van der Waals surface area contributed by atoms with Crippen molar-refractivity contribution in [3.05, 3.63) is 34.9 Å². The number of likely N-dealkylation sites (tertiary alicyclic amines) is 1. The highest BCUT2D eigenvalue weighted by Crippen LogP contribution is 2.24. The normalized spacial score (nSPS) is 22.9. The molecule has 1 saturated heterocycles. The molecule has 0 bridgehead atoms. The molecule has 1 atom stereocenters. The summed E-state index contributed by atoms with van der Waals surface area (Å²) in [5.74, 6) is 0.883. The van der Waals surface area contributed by atoms with Crippen LogP contribution in [0.3, 0.4) is 0 Å². The summed E-state index contributed by atoms with van der Waals surface area (Å²) >= 11 is 0. The number of aryl methyl sites for hydroxylation is 2. The van der Waals surface area contributed by atoms with Crippen molar-refractivity contribution in [2.75, 3.05) is 13.1 Å². The monoisotopic (exact) mass is 243 g/mol. The van der Waals surface area contributed by atoms with E-state index in [-0.39, 0.29) is 5.91 Å². The summed E-state index contributed by atoms with van der Waals surface area (Å²) in [6.07, 6.45) is 5.98. The van der Waals surface area contributed by atoms with Crippen LogP contribution in [-0.2, 0) is 12.8 Å². The second-order valence-corrected chi connectivity index (χ2v) is 5.84. The lowest BCUT2D eigenvalue weighted by Crippen LogP contribution is -2.39. The smallest absolute Gasteiger partial charge is 0.253 e. The van der Waals surface area contributed by atoms with Crippen molar-refractivity contribution in [3.8, 4) is 0 Å². The first-order chi connectivity index (χ1) is 8.74. The van der Waals surface area contributed by atoms with Crippen molar-refractivity contribution >= 4 is 5.91 Å². The number of carbonyl (C=O) groups excluding carboxylic acids is 1. The van der Waals surface area contributed by atoms with Crippen molar-refractivity contribution in [3.63, 3.8) is 0 Å². The molecule has 2 aliphatic rings. The number of fused-ring (bicyclic) bond motifs is 1. The number of piperidine rings is 1. The molecule has 1 aromatic carbocycles. The molecule has 0 N–H and O–H groups in total. The molecule has 0 spiro atoms. The van der Waals surface area contributed by atoms with Crippen LogP contribution in [0.25, 0.3) is 0 Å². The Balaban J connectivity index is 1.79. The van der Waals surface area contributed by atoms with Crippen LogP contribution in [0, 0.1) is 5.92 Å². The maximum Gasteiger partial charge on any atom is 0.253 e. The molecule has 0 aromatic heterocycles. The maximum absolute atomic E-state index is 12.5. The molecule has 0 radical (unpaired) electrons. The van der Waals surface area contributed by atoms with E-state index in [1.54, 1.807) is 0 Å². The van der Waals surface area contributed by atoms with E-state index < -0.39 is 0 Å². The zero-order valence-corrected chi connectivity index (χ0v) is 11.1. The average Bonchev–Trinajstić information content (AvgIpc) is 2.85. The van der Waals surface area contributed by atoms with Crippen LogP contribution >= 0.6 is 0 Å². The molecule has 1 aromatic rings. The highest BCUT2D eigenvalue weighted by molar-refractivity contribution is 5.94. The van der Waals surface area contributed by atoms with Gasteiger partial charge in [0, 0.05) is 18.7 Å². The largest absolute Gasteiger partial charge is 0.338 e. The minimum absolute atomic E-state index is 0.233. The summed E-state index contributed by atoms with van der Waals surface area (Å²) in [6.45, 7) is 4.10. The summed E-state index contributed by atoms with van der Waals surface area (Å²) in [6, 6.07) is 6.30. The third-order valence-corrected chi connectivity index (χ3v) is 4.29. The molecule has 3 rings (SSSR count). The molecule has 1 aliphatic carbocycles. The van der Waals surface area contributed by atoms with Crippen LogP contribution in [0.5, 0.6) is 0 Å². The van der Waals surface area contributed by atoms with Gasteiger partial charge in [0.2, 0.25) is 0 Å². The second-order valence-electron chi connectivity index (χ2n) is 5.84. The van der Waals surface area contributed by atoms with Gasteiger partial charge in [-0.25, -0.2) is 0 Å². The Morgan fingerprint density at radius 1 is 1.22 bits per heavy atom. The lowest BCUT2D eigenvalue weighted by molar-refractivity contribution is 0.0683. The number of hydrogen-bond acceptors (Lipinski definition) is 1. The van der Waals surface area contributed by atoms with E-state index in [2.05, 4.69) is 19.1 Å². The van der Waals surface area contributed by atoms with Crippen LogP contribution in [-0.4, -0.2) is 23.9 Å². The highest BCUT2D eigenvalue weighted by atomic mass is 16.2. The van der Waals surface area contributed by atoms with Gasteiger partial charge >= 0.3 is 0 Å². The summed E-state index contributed by atoms with van der Waals surface area (Å²) in [7, 11) is 0. The van der Waals surface area contributed by atoms with Gasteiger partial charge in [0.1, 0.15) is 0 Å². The van der Waals surface area contributed by atoms with Gasteiger partial charge < -0.3 is 4.90 Å². The fourth-order valence-corrected chi connectivity index (χ4v) is 3.26. The molecular formula is C16H21NO. The molecule has 96 valence electrons. The molecule has 2 heteroatoms. The lowest BCUT2D eigenvalue weighted by Gasteiger charge is -2.31. The van der Waals surface area contributed by atoms with Crippen molar-refractivity contribution < 1.29 is 4.79 Å². The summed E-state index contributed by atoms with van der Waals surface area (Å²) in [5, 5.41) is 0. The predicted octanol–water partition coefficient (Wildman–Crippen LogP) is 3.05. The first-order valence-corrected chi connectivity index (χ1v) is 7.15. The van der Waals surface area contributed by atoms with E-state index in [0.29, 0.717) is 5.92 Å². The standard InChI is InChI=1S/C16H21NO/c1-12-4-3-9-17(11-12)16(18)15-8-7-13-5-2-6-14(13)10-15/h7-8,10,12H,2-6,9,11H2,1H3. The van der Waals surface area contributed by atoms with Crippen LogP contribution in [0.2, 0.25) is 0 Å². The number of rotatable bonds is 1. The number of nitrogens with zero attached hydrogens (tertiary/aromatic N) is 1.